The summed E-state index contributed by atoms with van der Waals surface area (Å²) in [5.41, 5.74) is 2.89. The van der Waals surface area contributed by atoms with Crippen molar-refractivity contribution in [3.8, 4) is 0 Å². The van der Waals surface area contributed by atoms with E-state index < -0.39 is 5.97 Å². The summed E-state index contributed by atoms with van der Waals surface area (Å²) < 4.78 is 0. The van der Waals surface area contributed by atoms with Crippen LogP contribution in [-0.4, -0.2) is 34.6 Å². The molecule has 0 saturated carbocycles. The summed E-state index contributed by atoms with van der Waals surface area (Å²) in [6.07, 6.45) is 3.52. The molecule has 0 amide bonds. The van der Waals surface area contributed by atoms with E-state index in [0.717, 1.165) is 19.3 Å². The summed E-state index contributed by atoms with van der Waals surface area (Å²) in [6, 6.07) is 9.49. The van der Waals surface area contributed by atoms with Gasteiger partial charge in [-0.05, 0) is 44.2 Å². The summed E-state index contributed by atoms with van der Waals surface area (Å²) in [4.78, 5) is 13.1. The van der Waals surface area contributed by atoms with Crippen LogP contribution < -0.4 is 0 Å². The van der Waals surface area contributed by atoms with Crippen molar-refractivity contribution >= 4 is 5.97 Å². The molecule has 0 aromatic heterocycles. The molecular weight excluding hydrogens is 238 g/mol. The Hall–Kier alpha value is -1.35. The minimum atomic E-state index is -0.707. The maximum atomic E-state index is 10.8. The van der Waals surface area contributed by atoms with Crippen LogP contribution in [0.15, 0.2) is 24.3 Å². The van der Waals surface area contributed by atoms with E-state index in [1.165, 1.54) is 11.1 Å². The van der Waals surface area contributed by atoms with E-state index in [9.17, 15) is 4.79 Å². The number of rotatable bonds is 5. The summed E-state index contributed by atoms with van der Waals surface area (Å²) in [5, 5.41) is 8.87. The molecule has 19 heavy (non-hydrogen) atoms. The molecule has 3 heteroatoms. The minimum Gasteiger partial charge on any atom is -0.481 e. The van der Waals surface area contributed by atoms with Crippen molar-refractivity contribution in [1.29, 1.82) is 0 Å². The van der Waals surface area contributed by atoms with Crippen LogP contribution in [0.5, 0.6) is 0 Å². The summed E-state index contributed by atoms with van der Waals surface area (Å²) in [7, 11) is 0. The highest BCUT2D eigenvalue weighted by atomic mass is 16.4. The minimum absolute atomic E-state index is 0.232. The predicted octanol–water partition coefficient (Wildman–Crippen LogP) is 2.73. The van der Waals surface area contributed by atoms with E-state index in [-0.39, 0.29) is 6.42 Å². The van der Waals surface area contributed by atoms with Gasteiger partial charge < -0.3 is 5.11 Å². The van der Waals surface area contributed by atoms with Gasteiger partial charge in [0.05, 0.1) is 6.42 Å². The highest BCUT2D eigenvalue weighted by Gasteiger charge is 2.25. The SMILES string of the molecule is CC(C)N(CCC(=O)O)C1CCc2ccccc2C1. The van der Waals surface area contributed by atoms with Gasteiger partial charge in [0.25, 0.3) is 0 Å². The number of aliphatic carboxylic acids is 1. The summed E-state index contributed by atoms with van der Waals surface area (Å²) in [5.74, 6) is -0.707. The van der Waals surface area contributed by atoms with Crippen LogP contribution >= 0.6 is 0 Å². The molecule has 1 unspecified atom stereocenters. The fraction of sp³-hybridized carbons (Fsp3) is 0.562. The van der Waals surface area contributed by atoms with Gasteiger partial charge in [-0.3, -0.25) is 9.69 Å². The molecule has 1 aliphatic rings. The number of aryl methyl sites for hydroxylation is 1. The Bertz CT molecular complexity index is 442. The zero-order chi connectivity index (χ0) is 13.8. The van der Waals surface area contributed by atoms with E-state index in [0.29, 0.717) is 18.6 Å². The first-order valence-electron chi connectivity index (χ1n) is 7.12. The van der Waals surface area contributed by atoms with E-state index in [1.54, 1.807) is 0 Å². The van der Waals surface area contributed by atoms with E-state index in [4.69, 9.17) is 5.11 Å². The standard InChI is InChI=1S/C16H23NO2/c1-12(2)17(10-9-16(18)19)15-8-7-13-5-3-4-6-14(13)11-15/h3-6,12,15H,7-11H2,1-2H3,(H,18,19). The predicted molar refractivity (Wildman–Crippen MR) is 76.3 cm³/mol. The number of benzene rings is 1. The van der Waals surface area contributed by atoms with Gasteiger partial charge in [-0.2, -0.15) is 0 Å². The Morgan fingerprint density at radius 2 is 2.05 bits per heavy atom. The molecule has 1 aromatic carbocycles. The number of carbonyl (C=O) groups is 1. The number of nitrogens with zero attached hydrogens (tertiary/aromatic N) is 1. The lowest BCUT2D eigenvalue weighted by molar-refractivity contribution is -0.137. The molecule has 3 nitrogen and oxygen atoms in total. The Morgan fingerprint density at radius 3 is 2.68 bits per heavy atom. The molecule has 0 bridgehead atoms. The van der Waals surface area contributed by atoms with Crippen LogP contribution in [0.2, 0.25) is 0 Å². The van der Waals surface area contributed by atoms with Gasteiger partial charge in [0.1, 0.15) is 0 Å². The first-order valence-corrected chi connectivity index (χ1v) is 7.12. The third-order valence-corrected chi connectivity index (χ3v) is 4.04. The van der Waals surface area contributed by atoms with Crippen molar-refractivity contribution in [2.45, 2.75) is 51.6 Å². The summed E-state index contributed by atoms with van der Waals surface area (Å²) >= 11 is 0. The highest BCUT2D eigenvalue weighted by molar-refractivity contribution is 5.66. The zero-order valence-corrected chi connectivity index (χ0v) is 11.8. The fourth-order valence-electron chi connectivity index (χ4n) is 3.05. The molecular formula is C16H23NO2. The van der Waals surface area contributed by atoms with Gasteiger partial charge >= 0.3 is 5.97 Å². The lowest BCUT2D eigenvalue weighted by atomic mass is 9.87. The zero-order valence-electron chi connectivity index (χ0n) is 11.8. The number of hydrogen-bond acceptors (Lipinski definition) is 2. The molecule has 104 valence electrons. The van der Waals surface area contributed by atoms with Crippen molar-refractivity contribution in [2.24, 2.45) is 0 Å². The van der Waals surface area contributed by atoms with Crippen molar-refractivity contribution in [3.05, 3.63) is 35.4 Å². The molecule has 1 aliphatic carbocycles. The number of fused-ring (bicyclic) bond motifs is 1. The first-order chi connectivity index (χ1) is 9.08. The molecule has 1 atom stereocenters. The quantitative estimate of drug-likeness (QED) is 0.886. The molecule has 0 fully saturated rings. The Kier molecular flexibility index (Phi) is 4.59. The monoisotopic (exact) mass is 261 g/mol. The van der Waals surface area contributed by atoms with Crippen LogP contribution in [0.4, 0.5) is 0 Å². The largest absolute Gasteiger partial charge is 0.481 e. The number of hydrogen-bond donors (Lipinski definition) is 1. The van der Waals surface area contributed by atoms with Crippen molar-refractivity contribution in [3.63, 3.8) is 0 Å². The van der Waals surface area contributed by atoms with Gasteiger partial charge in [0.2, 0.25) is 0 Å². The van der Waals surface area contributed by atoms with Crippen molar-refractivity contribution in [1.82, 2.24) is 4.90 Å². The number of carboxylic acid groups (broad SMARTS) is 1. The average Bonchev–Trinajstić information content (AvgIpc) is 2.38. The van der Waals surface area contributed by atoms with Crippen LogP contribution in [0.3, 0.4) is 0 Å². The van der Waals surface area contributed by atoms with Crippen LogP contribution in [0.1, 0.15) is 37.8 Å². The lowest BCUT2D eigenvalue weighted by Gasteiger charge is -2.37. The van der Waals surface area contributed by atoms with Crippen LogP contribution in [0.25, 0.3) is 0 Å². The normalized spacial score (nSPS) is 18.6. The smallest absolute Gasteiger partial charge is 0.304 e. The second-order valence-electron chi connectivity index (χ2n) is 5.64. The van der Waals surface area contributed by atoms with Gasteiger partial charge in [-0.15, -0.1) is 0 Å². The Balaban J connectivity index is 2.06. The van der Waals surface area contributed by atoms with E-state index in [1.807, 2.05) is 0 Å². The van der Waals surface area contributed by atoms with Crippen molar-refractivity contribution < 1.29 is 9.90 Å². The van der Waals surface area contributed by atoms with Crippen LogP contribution in [0, 0.1) is 0 Å². The maximum absolute atomic E-state index is 10.8. The summed E-state index contributed by atoms with van der Waals surface area (Å²) in [6.45, 7) is 4.96. The van der Waals surface area contributed by atoms with Crippen LogP contribution in [-0.2, 0) is 17.6 Å². The van der Waals surface area contributed by atoms with Gasteiger partial charge in [0.15, 0.2) is 0 Å². The molecule has 0 spiro atoms. The average molecular weight is 261 g/mol. The van der Waals surface area contributed by atoms with Gasteiger partial charge in [-0.1, -0.05) is 24.3 Å². The molecule has 0 heterocycles. The first kappa shape index (κ1) is 14.1. The number of carboxylic acids is 1. The molecule has 1 N–H and O–H groups in total. The maximum Gasteiger partial charge on any atom is 0.304 e. The molecule has 0 saturated heterocycles. The second kappa shape index (κ2) is 6.20. The van der Waals surface area contributed by atoms with Crippen molar-refractivity contribution in [2.75, 3.05) is 6.54 Å². The second-order valence-corrected chi connectivity index (χ2v) is 5.64. The fourth-order valence-corrected chi connectivity index (χ4v) is 3.05. The van der Waals surface area contributed by atoms with E-state index >= 15 is 0 Å². The molecule has 0 aliphatic heterocycles. The third-order valence-electron chi connectivity index (χ3n) is 4.04. The Labute approximate surface area is 115 Å². The van der Waals surface area contributed by atoms with Gasteiger partial charge in [-0.25, -0.2) is 0 Å². The highest BCUT2D eigenvalue weighted by Crippen LogP contribution is 2.25. The topological polar surface area (TPSA) is 40.5 Å². The molecule has 0 radical (unpaired) electrons. The lowest BCUT2D eigenvalue weighted by Crippen LogP contribution is -2.44. The molecule has 1 aromatic rings. The van der Waals surface area contributed by atoms with Gasteiger partial charge in [0, 0.05) is 18.6 Å². The van der Waals surface area contributed by atoms with E-state index in [2.05, 4.69) is 43.0 Å². The Morgan fingerprint density at radius 1 is 1.37 bits per heavy atom. The third kappa shape index (κ3) is 3.57. The molecule has 2 rings (SSSR count).